The number of fused-ring (bicyclic) bond motifs is 1. The summed E-state index contributed by atoms with van der Waals surface area (Å²) in [6.07, 6.45) is 0.805. The predicted octanol–water partition coefficient (Wildman–Crippen LogP) is 4.69. The highest BCUT2D eigenvalue weighted by Crippen LogP contribution is 2.39. The van der Waals surface area contributed by atoms with Gasteiger partial charge in [0, 0.05) is 11.3 Å². The van der Waals surface area contributed by atoms with Crippen LogP contribution in [0.2, 0.25) is 0 Å². The van der Waals surface area contributed by atoms with Crippen LogP contribution in [0.5, 0.6) is 0 Å². The molecule has 1 amide bonds. The van der Waals surface area contributed by atoms with E-state index in [1.165, 1.54) is 18.9 Å². The Labute approximate surface area is 213 Å². The Morgan fingerprint density at radius 2 is 1.72 bits per heavy atom. The molecule has 9 heteroatoms. The Kier molecular flexibility index (Phi) is 6.73. The van der Waals surface area contributed by atoms with Crippen LogP contribution >= 0.6 is 11.8 Å². The molecule has 5 rings (SSSR count). The van der Waals surface area contributed by atoms with Crippen molar-refractivity contribution in [2.24, 2.45) is 0 Å². The molecule has 2 heterocycles. The third-order valence-electron chi connectivity index (χ3n) is 6.07. The van der Waals surface area contributed by atoms with E-state index in [4.69, 9.17) is 4.74 Å². The number of ether oxygens (including phenoxy) is 1. The van der Waals surface area contributed by atoms with E-state index in [9.17, 15) is 9.59 Å². The number of methoxy groups -OCH3 is 1. The number of hydrogen-bond donors (Lipinski definition) is 2. The van der Waals surface area contributed by atoms with Crippen LogP contribution in [0.3, 0.4) is 0 Å². The number of carbonyl (C=O) groups is 2. The normalized spacial score (nSPS) is 16.5. The van der Waals surface area contributed by atoms with Gasteiger partial charge in [-0.3, -0.25) is 4.79 Å². The molecule has 3 aromatic carbocycles. The molecule has 0 saturated carbocycles. The predicted molar refractivity (Wildman–Crippen MR) is 139 cm³/mol. The van der Waals surface area contributed by atoms with Gasteiger partial charge < -0.3 is 15.5 Å². The molecular formula is C27H25N5O3S. The average Bonchev–Trinajstić information content (AvgIpc) is 3.36. The Bertz CT molecular complexity index is 1390. The lowest BCUT2D eigenvalue weighted by atomic mass is 10.0. The fraction of sp³-hybridized carbons (Fsp3) is 0.185. The maximum absolute atomic E-state index is 13.6. The first kappa shape index (κ1) is 23.6. The van der Waals surface area contributed by atoms with Crippen molar-refractivity contribution in [2.75, 3.05) is 17.9 Å². The van der Waals surface area contributed by atoms with E-state index in [0.717, 1.165) is 28.8 Å². The van der Waals surface area contributed by atoms with Crippen LogP contribution in [0.15, 0.2) is 84.0 Å². The van der Waals surface area contributed by atoms with Gasteiger partial charge in [0.05, 0.1) is 18.7 Å². The number of anilines is 1. The van der Waals surface area contributed by atoms with Gasteiger partial charge in [-0.25, -0.2) is 9.47 Å². The molecule has 182 valence electrons. The van der Waals surface area contributed by atoms with Crippen molar-refractivity contribution in [2.45, 2.75) is 29.8 Å². The van der Waals surface area contributed by atoms with Gasteiger partial charge in [0.15, 0.2) is 5.82 Å². The summed E-state index contributed by atoms with van der Waals surface area (Å²) < 4.78 is 6.65. The number of amides is 1. The van der Waals surface area contributed by atoms with Crippen LogP contribution < -0.4 is 10.7 Å². The summed E-state index contributed by atoms with van der Waals surface area (Å²) in [4.78, 5) is 25.6. The van der Waals surface area contributed by atoms with Gasteiger partial charge in [-0.05, 0) is 35.7 Å². The molecule has 2 N–H and O–H groups in total. The number of rotatable bonds is 6. The van der Waals surface area contributed by atoms with Crippen molar-refractivity contribution in [3.63, 3.8) is 0 Å². The van der Waals surface area contributed by atoms with Crippen LogP contribution in [0.1, 0.15) is 34.5 Å². The third-order valence-corrected chi connectivity index (χ3v) is 7.29. The highest BCUT2D eigenvalue weighted by atomic mass is 32.2. The Balaban J connectivity index is 1.51. The highest BCUT2D eigenvalue weighted by molar-refractivity contribution is 8.00. The standard InChI is InChI=1S/C27H25N5O3S/c1-3-17-9-7-8-12-21(17)28-25(33)23-22(18-13-15-20(16-14-18)26(34)35-2)31-32-24(29-30-27(32)36-23)19-10-5-4-6-11-19/h4-16,22-23,31H,3H2,1-2H3,(H,28,33)/t22-,23-/m0/s1. The number of para-hydroxylation sites is 1. The number of hydrogen-bond acceptors (Lipinski definition) is 7. The van der Waals surface area contributed by atoms with E-state index in [-0.39, 0.29) is 5.91 Å². The zero-order valence-electron chi connectivity index (χ0n) is 19.8. The molecule has 0 unspecified atom stereocenters. The van der Waals surface area contributed by atoms with Crippen LogP contribution in [0.4, 0.5) is 5.69 Å². The second-order valence-electron chi connectivity index (χ2n) is 8.27. The monoisotopic (exact) mass is 499 g/mol. The molecule has 0 fully saturated rings. The average molecular weight is 500 g/mol. The summed E-state index contributed by atoms with van der Waals surface area (Å²) in [5.41, 5.74) is 7.51. The fourth-order valence-electron chi connectivity index (χ4n) is 4.18. The van der Waals surface area contributed by atoms with Crippen molar-refractivity contribution in [3.8, 4) is 11.4 Å². The van der Waals surface area contributed by atoms with Crippen molar-refractivity contribution < 1.29 is 14.3 Å². The first-order valence-corrected chi connectivity index (χ1v) is 12.5. The van der Waals surface area contributed by atoms with Crippen molar-refractivity contribution in [1.29, 1.82) is 0 Å². The lowest BCUT2D eigenvalue weighted by Crippen LogP contribution is -2.41. The molecule has 2 atom stereocenters. The Morgan fingerprint density at radius 3 is 2.44 bits per heavy atom. The number of thioether (sulfide) groups is 1. The van der Waals surface area contributed by atoms with Crippen LogP contribution in [0.25, 0.3) is 11.4 Å². The van der Waals surface area contributed by atoms with Gasteiger partial charge in [-0.1, -0.05) is 79.3 Å². The maximum Gasteiger partial charge on any atom is 0.337 e. The SMILES string of the molecule is CCc1ccccc1NC(=O)[C@H]1Sc2nnc(-c3ccccc3)n2N[C@H]1c1ccc(C(=O)OC)cc1. The minimum atomic E-state index is -0.542. The molecule has 1 aromatic heterocycles. The molecule has 0 spiro atoms. The summed E-state index contributed by atoms with van der Waals surface area (Å²) in [5, 5.41) is 11.9. The second kappa shape index (κ2) is 10.2. The third kappa shape index (κ3) is 4.57. The van der Waals surface area contributed by atoms with Gasteiger partial charge in [0.1, 0.15) is 5.25 Å². The van der Waals surface area contributed by atoms with Crippen molar-refractivity contribution >= 4 is 29.3 Å². The molecule has 1 aliphatic heterocycles. The summed E-state index contributed by atoms with van der Waals surface area (Å²) >= 11 is 1.35. The summed E-state index contributed by atoms with van der Waals surface area (Å²) in [6, 6.07) is 24.2. The Morgan fingerprint density at radius 1 is 1.00 bits per heavy atom. The van der Waals surface area contributed by atoms with Crippen LogP contribution in [-0.2, 0) is 16.0 Å². The maximum atomic E-state index is 13.6. The molecule has 0 aliphatic carbocycles. The first-order chi connectivity index (χ1) is 17.6. The zero-order valence-corrected chi connectivity index (χ0v) is 20.7. The van der Waals surface area contributed by atoms with E-state index >= 15 is 0 Å². The number of nitrogens with one attached hydrogen (secondary N) is 2. The molecule has 0 saturated heterocycles. The Hall–Kier alpha value is -4.11. The number of carbonyl (C=O) groups excluding carboxylic acids is 2. The summed E-state index contributed by atoms with van der Waals surface area (Å²) in [6.45, 7) is 2.06. The van der Waals surface area contributed by atoms with Crippen LogP contribution in [-0.4, -0.2) is 39.1 Å². The van der Waals surface area contributed by atoms with E-state index in [1.54, 1.807) is 12.1 Å². The molecular weight excluding hydrogens is 474 g/mol. The van der Waals surface area contributed by atoms with Crippen molar-refractivity contribution in [1.82, 2.24) is 14.9 Å². The van der Waals surface area contributed by atoms with Gasteiger partial charge in [-0.2, -0.15) is 0 Å². The zero-order chi connectivity index (χ0) is 25.1. The van der Waals surface area contributed by atoms with Gasteiger partial charge in [-0.15, -0.1) is 10.2 Å². The highest BCUT2D eigenvalue weighted by Gasteiger charge is 2.38. The molecule has 0 radical (unpaired) electrons. The molecule has 8 nitrogen and oxygen atoms in total. The van der Waals surface area contributed by atoms with Crippen molar-refractivity contribution in [3.05, 3.63) is 95.6 Å². The number of esters is 1. The first-order valence-electron chi connectivity index (χ1n) is 11.6. The number of aromatic nitrogens is 3. The smallest absolute Gasteiger partial charge is 0.337 e. The largest absolute Gasteiger partial charge is 0.465 e. The number of aryl methyl sites for hydroxylation is 1. The number of nitrogens with zero attached hydrogens (tertiary/aromatic N) is 3. The van der Waals surface area contributed by atoms with Gasteiger partial charge in [0.25, 0.3) is 0 Å². The van der Waals surface area contributed by atoms with E-state index in [2.05, 4.69) is 27.9 Å². The van der Waals surface area contributed by atoms with E-state index in [0.29, 0.717) is 16.5 Å². The summed E-state index contributed by atoms with van der Waals surface area (Å²) in [7, 11) is 1.35. The topological polar surface area (TPSA) is 98.1 Å². The minimum Gasteiger partial charge on any atom is -0.465 e. The van der Waals surface area contributed by atoms with Gasteiger partial charge in [0.2, 0.25) is 11.1 Å². The van der Waals surface area contributed by atoms with Gasteiger partial charge >= 0.3 is 5.97 Å². The molecule has 4 aromatic rings. The van der Waals surface area contributed by atoms with Crippen LogP contribution in [0, 0.1) is 0 Å². The lowest BCUT2D eigenvalue weighted by molar-refractivity contribution is -0.116. The number of benzene rings is 3. The molecule has 36 heavy (non-hydrogen) atoms. The molecule has 0 bridgehead atoms. The second-order valence-corrected chi connectivity index (χ2v) is 9.38. The van der Waals surface area contributed by atoms with E-state index < -0.39 is 17.3 Å². The quantitative estimate of drug-likeness (QED) is 0.371. The van der Waals surface area contributed by atoms with E-state index in [1.807, 2.05) is 71.4 Å². The minimum absolute atomic E-state index is 0.147. The molecule has 1 aliphatic rings. The summed E-state index contributed by atoms with van der Waals surface area (Å²) in [5.74, 6) is 0.0980. The fourth-order valence-corrected chi connectivity index (χ4v) is 5.26. The lowest BCUT2D eigenvalue weighted by Gasteiger charge is -2.33.